The molecule has 0 radical (unpaired) electrons. The van der Waals surface area contributed by atoms with E-state index in [0.717, 1.165) is 0 Å². The van der Waals surface area contributed by atoms with Crippen molar-refractivity contribution in [2.24, 2.45) is 0 Å². The summed E-state index contributed by atoms with van der Waals surface area (Å²) in [5, 5.41) is 0.368. The van der Waals surface area contributed by atoms with Crippen LogP contribution in [0.3, 0.4) is 0 Å². The van der Waals surface area contributed by atoms with E-state index < -0.39 is 7.68 Å². The Morgan fingerprint density at radius 3 is 1.89 bits per heavy atom. The van der Waals surface area contributed by atoms with Crippen LogP contribution in [-0.2, 0) is 9.13 Å². The van der Waals surface area contributed by atoms with Gasteiger partial charge in [0, 0.05) is 0 Å². The van der Waals surface area contributed by atoms with Crippen LogP contribution in [0.1, 0.15) is 0 Å². The zero-order valence-electron chi connectivity index (χ0n) is 4.65. The quantitative estimate of drug-likeness (QED) is 0.553. The highest BCUT2D eigenvalue weighted by Crippen LogP contribution is 2.01. The van der Waals surface area contributed by atoms with Gasteiger partial charge in [-0.15, -0.1) is 0 Å². The monoisotopic (exact) mass is 140 g/mol. The summed E-state index contributed by atoms with van der Waals surface area (Å²) in [6.45, 7) is 0. The fourth-order valence-electron chi connectivity index (χ4n) is 0.550. The van der Waals surface area contributed by atoms with Gasteiger partial charge < -0.3 is 0 Å². The van der Waals surface area contributed by atoms with Crippen LogP contribution in [0.4, 0.5) is 0 Å². The molecule has 1 aromatic carbocycles. The van der Waals surface area contributed by atoms with Crippen LogP contribution in [-0.4, -0.2) is 0 Å². The zero-order chi connectivity index (χ0) is 6.69. The molecule has 0 N–H and O–H groups in total. The van der Waals surface area contributed by atoms with Crippen LogP contribution in [0, 0.1) is 0 Å². The fraction of sp³-hybridized carbons (Fsp3) is 0. The van der Waals surface area contributed by atoms with E-state index in [-0.39, 0.29) is 0 Å². The van der Waals surface area contributed by atoms with Crippen molar-refractivity contribution >= 4 is 13.0 Å². The molecular weight excluding hydrogens is 135 g/mol. The van der Waals surface area contributed by atoms with Gasteiger partial charge in [-0.05, 0) is 12.1 Å². The van der Waals surface area contributed by atoms with Crippen LogP contribution in [0.15, 0.2) is 30.3 Å². The van der Waals surface area contributed by atoms with E-state index in [1.807, 2.05) is 0 Å². The molecule has 1 aromatic rings. The summed E-state index contributed by atoms with van der Waals surface area (Å²) in [7, 11) is -2.40. The molecule has 0 amide bonds. The third-order valence-electron chi connectivity index (χ3n) is 0.967. The predicted molar refractivity (Wildman–Crippen MR) is 34.4 cm³/mol. The van der Waals surface area contributed by atoms with Crippen LogP contribution in [0.5, 0.6) is 0 Å². The van der Waals surface area contributed by atoms with Crippen molar-refractivity contribution in [3.05, 3.63) is 30.3 Å². The standard InChI is InChI=1S/C6H5O2P/c7-9(8)6-4-2-1-3-5-6/h1-5H. The van der Waals surface area contributed by atoms with Crippen molar-refractivity contribution < 1.29 is 9.13 Å². The number of hydrogen-bond donors (Lipinski definition) is 0. The van der Waals surface area contributed by atoms with E-state index in [1.165, 1.54) is 0 Å². The van der Waals surface area contributed by atoms with Gasteiger partial charge in [-0.3, -0.25) is 0 Å². The average Bonchev–Trinajstić information content (AvgIpc) is 1.90. The fourth-order valence-corrected chi connectivity index (χ4v) is 0.965. The maximum absolute atomic E-state index is 10.2. The van der Waals surface area contributed by atoms with Gasteiger partial charge >= 0.3 is 7.68 Å². The molecule has 0 aliphatic carbocycles. The number of hydrogen-bond acceptors (Lipinski definition) is 2. The highest BCUT2D eigenvalue weighted by Gasteiger charge is 1.92. The Balaban J connectivity index is 3.13. The molecule has 0 unspecified atom stereocenters. The SMILES string of the molecule is O=P(=O)c1ccccc1. The Labute approximate surface area is 53.3 Å². The molecule has 46 valence electrons. The molecule has 0 aromatic heterocycles. The molecule has 0 saturated carbocycles. The zero-order valence-corrected chi connectivity index (χ0v) is 5.54. The lowest BCUT2D eigenvalue weighted by Crippen LogP contribution is -1.87. The number of benzene rings is 1. The largest absolute Gasteiger partial charge is 0.348 e. The Morgan fingerprint density at radius 2 is 1.56 bits per heavy atom. The van der Waals surface area contributed by atoms with E-state index in [1.54, 1.807) is 30.3 Å². The third kappa shape index (κ3) is 1.51. The van der Waals surface area contributed by atoms with Crippen molar-refractivity contribution in [3.8, 4) is 0 Å². The molecule has 0 fully saturated rings. The first-order chi connectivity index (χ1) is 4.30. The minimum atomic E-state index is -2.40. The normalized spacial score (nSPS) is 8.89. The summed E-state index contributed by atoms with van der Waals surface area (Å²) in [6, 6.07) is 8.29. The van der Waals surface area contributed by atoms with Gasteiger partial charge in [-0.25, -0.2) is 9.13 Å². The maximum Gasteiger partial charge on any atom is 0.348 e. The van der Waals surface area contributed by atoms with Gasteiger partial charge in [-0.2, -0.15) is 0 Å². The lowest BCUT2D eigenvalue weighted by atomic mass is 10.4. The van der Waals surface area contributed by atoms with Crippen LogP contribution in [0.2, 0.25) is 0 Å². The van der Waals surface area contributed by atoms with Crippen LogP contribution in [0.25, 0.3) is 0 Å². The predicted octanol–water partition coefficient (Wildman–Crippen LogP) is 1.48. The Kier molecular flexibility index (Phi) is 1.81. The summed E-state index contributed by atoms with van der Waals surface area (Å²) in [4.78, 5) is 0. The van der Waals surface area contributed by atoms with Gasteiger partial charge in [0.05, 0.1) is 5.30 Å². The van der Waals surface area contributed by atoms with Crippen molar-refractivity contribution in [2.45, 2.75) is 0 Å². The topological polar surface area (TPSA) is 34.1 Å². The summed E-state index contributed by atoms with van der Waals surface area (Å²) < 4.78 is 20.5. The molecule has 0 spiro atoms. The van der Waals surface area contributed by atoms with Crippen molar-refractivity contribution in [3.63, 3.8) is 0 Å². The summed E-state index contributed by atoms with van der Waals surface area (Å²) in [5.41, 5.74) is 0. The van der Waals surface area contributed by atoms with Crippen molar-refractivity contribution in [1.82, 2.24) is 0 Å². The smallest absolute Gasteiger partial charge is 0.232 e. The second-order valence-electron chi connectivity index (χ2n) is 1.59. The van der Waals surface area contributed by atoms with Crippen molar-refractivity contribution in [2.75, 3.05) is 0 Å². The first-order valence-corrected chi connectivity index (χ1v) is 3.68. The summed E-state index contributed by atoms with van der Waals surface area (Å²) in [6.07, 6.45) is 0. The molecular formula is C6H5O2P. The third-order valence-corrected chi connectivity index (χ3v) is 1.69. The van der Waals surface area contributed by atoms with Gasteiger partial charge in [0.1, 0.15) is 0 Å². The van der Waals surface area contributed by atoms with E-state index in [9.17, 15) is 9.13 Å². The summed E-state index contributed by atoms with van der Waals surface area (Å²) in [5.74, 6) is 0. The molecule has 0 saturated heterocycles. The first kappa shape index (κ1) is 6.24. The van der Waals surface area contributed by atoms with Gasteiger partial charge in [0.2, 0.25) is 0 Å². The molecule has 9 heavy (non-hydrogen) atoms. The lowest BCUT2D eigenvalue weighted by molar-refractivity contribution is 0.523. The van der Waals surface area contributed by atoms with E-state index in [4.69, 9.17) is 0 Å². The molecule has 0 heterocycles. The average molecular weight is 140 g/mol. The maximum atomic E-state index is 10.2. The molecule has 0 aliphatic rings. The van der Waals surface area contributed by atoms with E-state index >= 15 is 0 Å². The molecule has 0 bridgehead atoms. The lowest BCUT2D eigenvalue weighted by Gasteiger charge is -1.81. The van der Waals surface area contributed by atoms with Crippen LogP contribution < -0.4 is 5.30 Å². The Morgan fingerprint density at radius 1 is 1.00 bits per heavy atom. The second-order valence-corrected chi connectivity index (χ2v) is 2.62. The Hall–Kier alpha value is -0.880. The number of rotatable bonds is 1. The minimum absolute atomic E-state index is 0.368. The molecule has 1 rings (SSSR count). The summed E-state index contributed by atoms with van der Waals surface area (Å²) >= 11 is 0. The van der Waals surface area contributed by atoms with Crippen LogP contribution >= 0.6 is 7.68 Å². The molecule has 3 heteroatoms. The minimum Gasteiger partial charge on any atom is -0.232 e. The second kappa shape index (κ2) is 2.60. The van der Waals surface area contributed by atoms with Gasteiger partial charge in [-0.1, -0.05) is 18.2 Å². The van der Waals surface area contributed by atoms with E-state index in [0.29, 0.717) is 5.30 Å². The highest BCUT2D eigenvalue weighted by molar-refractivity contribution is 7.40. The highest BCUT2D eigenvalue weighted by atomic mass is 31.1. The first-order valence-electron chi connectivity index (χ1n) is 2.50. The molecule has 2 nitrogen and oxygen atoms in total. The van der Waals surface area contributed by atoms with E-state index in [2.05, 4.69) is 0 Å². The van der Waals surface area contributed by atoms with Gasteiger partial charge in [0.25, 0.3) is 0 Å². The van der Waals surface area contributed by atoms with Gasteiger partial charge in [0.15, 0.2) is 0 Å². The Bertz CT molecular complexity index is 243. The molecule has 0 aliphatic heterocycles. The molecule has 0 atom stereocenters. The van der Waals surface area contributed by atoms with Crippen molar-refractivity contribution in [1.29, 1.82) is 0 Å².